The number of benzene rings is 2. The molecule has 0 fully saturated rings. The number of fused-ring (bicyclic) bond motifs is 1. The number of ether oxygens (including phenoxy) is 1. The van der Waals surface area contributed by atoms with Gasteiger partial charge in [0.15, 0.2) is 0 Å². The van der Waals surface area contributed by atoms with Crippen LogP contribution in [0.3, 0.4) is 0 Å². The Hall–Kier alpha value is -2.06. The maximum atomic E-state index is 5.71. The largest absolute Gasteiger partial charge is 0.377 e. The fourth-order valence-electron chi connectivity index (χ4n) is 2.35. The Morgan fingerprint density at radius 2 is 1.75 bits per heavy atom. The second kappa shape index (κ2) is 6.40. The van der Waals surface area contributed by atoms with Gasteiger partial charge in [-0.2, -0.15) is 0 Å². The molecule has 0 N–H and O–H groups in total. The first-order valence-corrected chi connectivity index (χ1v) is 7.01. The summed E-state index contributed by atoms with van der Waals surface area (Å²) in [4.78, 5) is 0. The van der Waals surface area contributed by atoms with Gasteiger partial charge >= 0.3 is 0 Å². The van der Waals surface area contributed by atoms with Gasteiger partial charge in [-0.1, -0.05) is 48.5 Å². The van der Waals surface area contributed by atoms with Gasteiger partial charge in [0.2, 0.25) is 0 Å². The molecular weight excluding hydrogens is 246 g/mol. The number of para-hydroxylation sites is 1. The van der Waals surface area contributed by atoms with Gasteiger partial charge in [0, 0.05) is 36.3 Å². The summed E-state index contributed by atoms with van der Waals surface area (Å²) < 4.78 is 7.94. The molecule has 1 radical (unpaired) electrons. The monoisotopic (exact) mass is 264 g/mol. The van der Waals surface area contributed by atoms with Crippen molar-refractivity contribution in [1.82, 2.24) is 4.57 Å². The molecule has 0 aliphatic rings. The van der Waals surface area contributed by atoms with E-state index in [0.717, 1.165) is 19.6 Å². The summed E-state index contributed by atoms with van der Waals surface area (Å²) in [5, 5.41) is 1.18. The third-order valence-electron chi connectivity index (χ3n) is 3.39. The molecule has 2 heteroatoms. The molecule has 0 aliphatic heterocycles. The summed E-state index contributed by atoms with van der Waals surface area (Å²) in [6.07, 6.45) is 3.04. The Labute approximate surface area is 119 Å². The van der Waals surface area contributed by atoms with Gasteiger partial charge in [-0.15, -0.1) is 0 Å². The van der Waals surface area contributed by atoms with E-state index in [9.17, 15) is 0 Å². The van der Waals surface area contributed by atoms with Crippen LogP contribution in [0.2, 0.25) is 0 Å². The molecule has 0 spiro atoms. The van der Waals surface area contributed by atoms with Gasteiger partial charge in [0.05, 0.1) is 6.61 Å². The predicted molar refractivity (Wildman–Crippen MR) is 81.5 cm³/mol. The maximum Gasteiger partial charge on any atom is 0.0716 e. The van der Waals surface area contributed by atoms with Crippen LogP contribution in [0.15, 0.2) is 60.8 Å². The second-order valence-electron chi connectivity index (χ2n) is 4.88. The minimum atomic E-state index is 0.694. The minimum Gasteiger partial charge on any atom is -0.377 e. The highest BCUT2D eigenvalue weighted by molar-refractivity contribution is 5.79. The fraction of sp³-hybridized carbons (Fsp3) is 0.222. The average Bonchev–Trinajstić information content (AvgIpc) is 2.91. The molecule has 0 aliphatic carbocycles. The van der Waals surface area contributed by atoms with E-state index in [1.807, 2.05) is 30.5 Å². The van der Waals surface area contributed by atoms with E-state index in [-0.39, 0.29) is 0 Å². The summed E-state index contributed by atoms with van der Waals surface area (Å²) in [5.74, 6) is 0. The molecule has 3 aromatic rings. The smallest absolute Gasteiger partial charge is 0.0716 e. The summed E-state index contributed by atoms with van der Waals surface area (Å²) in [6, 6.07) is 21.9. The predicted octanol–water partition coefficient (Wildman–Crippen LogP) is 4.05. The lowest BCUT2D eigenvalue weighted by Gasteiger charge is -2.07. The second-order valence-corrected chi connectivity index (χ2v) is 4.88. The van der Waals surface area contributed by atoms with Crippen LogP contribution < -0.4 is 0 Å². The molecule has 0 saturated heterocycles. The van der Waals surface area contributed by atoms with E-state index in [1.54, 1.807) is 0 Å². The standard InChI is InChI=1S/C18H18NO/c1-2-7-16(8-3-1)15-20-14-6-12-19-13-11-17-9-4-5-10-18(17)19/h1-5,7-10,13H,6,12,14-15H2. The Balaban J connectivity index is 1.46. The molecule has 0 unspecified atom stereocenters. The molecule has 0 amide bonds. The number of aromatic nitrogens is 1. The van der Waals surface area contributed by atoms with Crippen LogP contribution in [0.25, 0.3) is 10.9 Å². The van der Waals surface area contributed by atoms with Crippen LogP contribution in [-0.2, 0) is 17.9 Å². The van der Waals surface area contributed by atoms with E-state index >= 15 is 0 Å². The van der Waals surface area contributed by atoms with E-state index < -0.39 is 0 Å². The zero-order valence-electron chi connectivity index (χ0n) is 11.5. The summed E-state index contributed by atoms with van der Waals surface area (Å²) >= 11 is 0. The Morgan fingerprint density at radius 1 is 0.950 bits per heavy atom. The van der Waals surface area contributed by atoms with Gasteiger partial charge < -0.3 is 9.30 Å². The highest BCUT2D eigenvalue weighted by Gasteiger charge is 2.00. The highest BCUT2D eigenvalue weighted by atomic mass is 16.5. The molecule has 2 nitrogen and oxygen atoms in total. The number of hydrogen-bond donors (Lipinski definition) is 0. The van der Waals surface area contributed by atoms with Gasteiger partial charge in [0.1, 0.15) is 0 Å². The van der Waals surface area contributed by atoms with Crippen molar-refractivity contribution in [3.8, 4) is 0 Å². The van der Waals surface area contributed by atoms with Crippen molar-refractivity contribution in [2.75, 3.05) is 6.61 Å². The van der Waals surface area contributed by atoms with Crippen LogP contribution in [0.4, 0.5) is 0 Å². The zero-order valence-corrected chi connectivity index (χ0v) is 11.5. The molecule has 3 rings (SSSR count). The molecule has 0 bridgehead atoms. The van der Waals surface area contributed by atoms with Gasteiger partial charge in [0.25, 0.3) is 0 Å². The lowest BCUT2D eigenvalue weighted by atomic mass is 10.2. The molecule has 1 aromatic heterocycles. The van der Waals surface area contributed by atoms with Crippen molar-refractivity contribution in [1.29, 1.82) is 0 Å². The molecule has 0 atom stereocenters. The number of nitrogens with zero attached hydrogens (tertiary/aromatic N) is 1. The van der Waals surface area contributed by atoms with Crippen molar-refractivity contribution in [2.45, 2.75) is 19.6 Å². The third-order valence-corrected chi connectivity index (χ3v) is 3.39. The Morgan fingerprint density at radius 3 is 2.65 bits per heavy atom. The average molecular weight is 264 g/mol. The van der Waals surface area contributed by atoms with E-state index in [4.69, 9.17) is 4.74 Å². The zero-order chi connectivity index (χ0) is 13.6. The van der Waals surface area contributed by atoms with Gasteiger partial charge in [-0.25, -0.2) is 0 Å². The van der Waals surface area contributed by atoms with Crippen LogP contribution >= 0.6 is 0 Å². The van der Waals surface area contributed by atoms with Crippen molar-refractivity contribution in [3.05, 3.63) is 72.4 Å². The van der Waals surface area contributed by atoms with Crippen LogP contribution in [0, 0.1) is 6.07 Å². The van der Waals surface area contributed by atoms with Crippen LogP contribution in [0.5, 0.6) is 0 Å². The molecule has 0 saturated carbocycles. The fourth-order valence-corrected chi connectivity index (χ4v) is 2.35. The molecule has 20 heavy (non-hydrogen) atoms. The highest BCUT2D eigenvalue weighted by Crippen LogP contribution is 2.14. The Bertz CT molecular complexity index is 657. The minimum absolute atomic E-state index is 0.694. The summed E-state index contributed by atoms with van der Waals surface area (Å²) in [5.41, 5.74) is 2.47. The Kier molecular flexibility index (Phi) is 4.14. The summed E-state index contributed by atoms with van der Waals surface area (Å²) in [7, 11) is 0. The van der Waals surface area contributed by atoms with Crippen molar-refractivity contribution in [3.63, 3.8) is 0 Å². The van der Waals surface area contributed by atoms with Gasteiger partial charge in [-0.3, -0.25) is 0 Å². The third kappa shape index (κ3) is 3.09. The van der Waals surface area contributed by atoms with Crippen molar-refractivity contribution < 1.29 is 4.74 Å². The van der Waals surface area contributed by atoms with Crippen molar-refractivity contribution in [2.24, 2.45) is 0 Å². The number of hydrogen-bond acceptors (Lipinski definition) is 1. The lowest BCUT2D eigenvalue weighted by Crippen LogP contribution is -2.02. The SMILES string of the molecule is [c]1cn(CCCOCc2ccccc2)c2ccccc12. The first-order chi connectivity index (χ1) is 9.93. The maximum absolute atomic E-state index is 5.71. The van der Waals surface area contributed by atoms with Crippen LogP contribution in [0.1, 0.15) is 12.0 Å². The van der Waals surface area contributed by atoms with Crippen LogP contribution in [-0.4, -0.2) is 11.2 Å². The van der Waals surface area contributed by atoms with Crippen molar-refractivity contribution >= 4 is 10.9 Å². The quantitative estimate of drug-likeness (QED) is 0.613. The molecule has 101 valence electrons. The van der Waals surface area contributed by atoms with E-state index in [2.05, 4.69) is 41.0 Å². The summed E-state index contributed by atoms with van der Waals surface area (Å²) in [6.45, 7) is 2.44. The topological polar surface area (TPSA) is 14.2 Å². The molecular formula is C18H18NO. The lowest BCUT2D eigenvalue weighted by molar-refractivity contribution is 0.116. The van der Waals surface area contributed by atoms with Gasteiger partial charge in [-0.05, 0) is 18.1 Å². The van der Waals surface area contributed by atoms with E-state index in [1.165, 1.54) is 16.5 Å². The molecule has 2 aromatic carbocycles. The molecule has 1 heterocycles. The van der Waals surface area contributed by atoms with E-state index in [0.29, 0.717) is 6.61 Å². The normalized spacial score (nSPS) is 11.0. The number of rotatable bonds is 6. The first-order valence-electron chi connectivity index (χ1n) is 7.01. The number of aryl methyl sites for hydroxylation is 1. The first kappa shape index (κ1) is 12.9.